The van der Waals surface area contributed by atoms with Gasteiger partial charge in [0.25, 0.3) is 0 Å². The molecule has 1 rings (SSSR count). The minimum absolute atomic E-state index is 0.377. The van der Waals surface area contributed by atoms with Gasteiger partial charge >= 0.3 is 78.0 Å². The molecule has 67 valence electrons. The summed E-state index contributed by atoms with van der Waals surface area (Å²) in [6, 6.07) is 0. The van der Waals surface area contributed by atoms with Gasteiger partial charge in [0.2, 0.25) is 0 Å². The van der Waals surface area contributed by atoms with E-state index in [2.05, 4.69) is 0 Å². The van der Waals surface area contributed by atoms with Gasteiger partial charge in [-0.1, -0.05) is 13.8 Å². The van der Waals surface area contributed by atoms with Gasteiger partial charge in [0.15, 0.2) is 0 Å². The fourth-order valence-corrected chi connectivity index (χ4v) is 2.11. The second-order valence-electron chi connectivity index (χ2n) is 2.69. The maximum absolute atomic E-state index is 11.0. The predicted octanol–water partition coefficient (Wildman–Crippen LogP) is 1.99. The molecule has 0 aromatic rings. The Morgan fingerprint density at radius 2 is 2.17 bits per heavy atom. The van der Waals surface area contributed by atoms with E-state index in [0.29, 0.717) is 5.91 Å². The summed E-state index contributed by atoms with van der Waals surface area (Å²) < 4.78 is 1.38. The summed E-state index contributed by atoms with van der Waals surface area (Å²) in [5, 5.41) is 0. The van der Waals surface area contributed by atoms with E-state index < -0.39 is 0 Å². The number of amides is 1. The first-order valence-electron chi connectivity index (χ1n) is 4.91. The Morgan fingerprint density at radius 1 is 1.50 bits per heavy atom. The first-order chi connectivity index (χ1) is 5.84. The summed E-state index contributed by atoms with van der Waals surface area (Å²) in [6.07, 6.45) is 3.13. The van der Waals surface area contributed by atoms with E-state index >= 15 is 0 Å². The van der Waals surface area contributed by atoms with E-state index in [9.17, 15) is 4.79 Å². The van der Waals surface area contributed by atoms with Crippen LogP contribution in [0.4, 0.5) is 0 Å². The van der Waals surface area contributed by atoms with Gasteiger partial charge in [-0.2, -0.15) is 0 Å². The molecule has 1 fully saturated rings. The second kappa shape index (κ2) is 8.02. The fourth-order valence-electron chi connectivity index (χ4n) is 1.24. The van der Waals surface area contributed by atoms with Crippen molar-refractivity contribution in [3.05, 3.63) is 0 Å². The molecule has 1 heterocycles. The van der Waals surface area contributed by atoms with Crippen LogP contribution in [-0.4, -0.2) is 23.9 Å². The van der Waals surface area contributed by atoms with Gasteiger partial charge in [0.05, 0.1) is 0 Å². The van der Waals surface area contributed by atoms with Crippen LogP contribution >= 0.6 is 0 Å². The average molecular weight is 357 g/mol. The topological polar surface area (TPSA) is 20.3 Å². The van der Waals surface area contributed by atoms with Crippen LogP contribution in [0.15, 0.2) is 0 Å². The third-order valence-corrected chi connectivity index (χ3v) is 3.79. The standard InChI is InChI=1S/C7H12NO.C2H6.Hg/c1-2-5-8-6-3-4-7(8)9;1-2;/h1-6H2;1-2H3;. The van der Waals surface area contributed by atoms with Gasteiger partial charge in [-0.25, -0.2) is 0 Å². The Balaban J connectivity index is 0.000000561. The number of hydrogen-bond donors (Lipinski definition) is 0. The van der Waals surface area contributed by atoms with E-state index in [4.69, 9.17) is 0 Å². The van der Waals surface area contributed by atoms with Crippen molar-refractivity contribution >= 4 is 5.91 Å². The van der Waals surface area contributed by atoms with E-state index in [1.807, 2.05) is 18.7 Å². The minimum atomic E-state index is 0.377. The molecule has 0 aliphatic carbocycles. The number of carbonyl (C=O) groups is 1. The van der Waals surface area contributed by atoms with E-state index in [-0.39, 0.29) is 0 Å². The number of nitrogens with zero attached hydrogens (tertiary/aromatic N) is 1. The zero-order chi connectivity index (χ0) is 9.40. The van der Waals surface area contributed by atoms with Crippen LogP contribution in [0, 0.1) is 0 Å². The van der Waals surface area contributed by atoms with Crippen molar-refractivity contribution < 1.29 is 30.9 Å². The van der Waals surface area contributed by atoms with Crippen LogP contribution in [0.25, 0.3) is 0 Å². The van der Waals surface area contributed by atoms with Crippen LogP contribution in [0.1, 0.15) is 33.1 Å². The average Bonchev–Trinajstić information content (AvgIpc) is 2.51. The summed E-state index contributed by atoms with van der Waals surface area (Å²) in [4.78, 5) is 13.0. The molecular weight excluding hydrogens is 339 g/mol. The van der Waals surface area contributed by atoms with Gasteiger partial charge < -0.3 is 0 Å². The first-order valence-corrected chi connectivity index (χ1v) is 8.80. The summed E-state index contributed by atoms with van der Waals surface area (Å²) in [6.45, 7) is 6.05. The Kier molecular flexibility index (Phi) is 8.29. The fraction of sp³-hybridized carbons (Fsp3) is 0.889. The van der Waals surface area contributed by atoms with Crippen molar-refractivity contribution in [2.75, 3.05) is 13.1 Å². The van der Waals surface area contributed by atoms with Crippen LogP contribution in [0.3, 0.4) is 0 Å². The SMILES string of the molecule is CC.O=C1CCCN1CC[CH2][Hg]. The van der Waals surface area contributed by atoms with Crippen LogP contribution in [-0.2, 0) is 30.9 Å². The van der Waals surface area contributed by atoms with Gasteiger partial charge in [-0.05, 0) is 0 Å². The Morgan fingerprint density at radius 3 is 2.58 bits per heavy atom. The van der Waals surface area contributed by atoms with Gasteiger partial charge in [0, 0.05) is 0 Å². The van der Waals surface area contributed by atoms with Gasteiger partial charge in [-0.15, -0.1) is 0 Å². The summed E-state index contributed by atoms with van der Waals surface area (Å²) in [5.41, 5.74) is 0. The van der Waals surface area contributed by atoms with Crippen molar-refractivity contribution in [1.82, 2.24) is 4.90 Å². The van der Waals surface area contributed by atoms with Crippen molar-refractivity contribution in [1.29, 1.82) is 0 Å². The van der Waals surface area contributed by atoms with Crippen molar-refractivity contribution in [2.45, 2.75) is 37.0 Å². The number of hydrogen-bond acceptors (Lipinski definition) is 1. The molecule has 0 atom stereocenters. The Hall–Kier alpha value is 0.405. The van der Waals surface area contributed by atoms with E-state index in [1.54, 1.807) is 0 Å². The molecule has 0 spiro atoms. The molecule has 0 radical (unpaired) electrons. The van der Waals surface area contributed by atoms with E-state index in [1.165, 1.54) is 10.4 Å². The summed E-state index contributed by atoms with van der Waals surface area (Å²) in [7, 11) is 0. The molecule has 1 amide bonds. The molecule has 0 N–H and O–H groups in total. The zero-order valence-corrected chi connectivity index (χ0v) is 13.8. The molecule has 1 aliphatic rings. The molecule has 2 nitrogen and oxygen atoms in total. The molecule has 1 saturated heterocycles. The van der Waals surface area contributed by atoms with Crippen molar-refractivity contribution in [2.24, 2.45) is 0 Å². The van der Waals surface area contributed by atoms with Crippen molar-refractivity contribution in [3.63, 3.8) is 0 Å². The number of rotatable bonds is 3. The Labute approximate surface area is 91.7 Å². The quantitative estimate of drug-likeness (QED) is 0.708. The molecule has 1 aliphatic heterocycles. The van der Waals surface area contributed by atoms with Crippen LogP contribution in [0.5, 0.6) is 0 Å². The summed E-state index contributed by atoms with van der Waals surface area (Å²) in [5.74, 6) is 0.377. The van der Waals surface area contributed by atoms with Gasteiger partial charge in [-0.3, -0.25) is 0 Å². The molecule has 0 saturated carbocycles. The zero-order valence-electron chi connectivity index (χ0n) is 8.31. The molecule has 3 heteroatoms. The molecule has 0 aromatic carbocycles. The third-order valence-electron chi connectivity index (χ3n) is 1.85. The summed E-state index contributed by atoms with van der Waals surface area (Å²) >= 11 is 0.924. The van der Waals surface area contributed by atoms with E-state index in [0.717, 1.165) is 52.1 Å². The first kappa shape index (κ1) is 12.4. The predicted molar refractivity (Wildman–Crippen MR) is 46.6 cm³/mol. The second-order valence-corrected chi connectivity index (χ2v) is 5.44. The molecular formula is C9H18HgNO. The number of carbonyl (C=O) groups excluding carboxylic acids is 1. The van der Waals surface area contributed by atoms with Crippen molar-refractivity contribution in [3.8, 4) is 0 Å². The monoisotopic (exact) mass is 358 g/mol. The Bertz CT molecular complexity index is 128. The molecule has 12 heavy (non-hydrogen) atoms. The molecule has 0 unspecified atom stereocenters. The molecule has 0 bridgehead atoms. The third kappa shape index (κ3) is 4.44. The van der Waals surface area contributed by atoms with Gasteiger partial charge in [0.1, 0.15) is 0 Å². The molecule has 0 aromatic heterocycles. The van der Waals surface area contributed by atoms with Crippen LogP contribution in [0.2, 0.25) is 3.93 Å². The number of likely N-dealkylation sites (tertiary alicyclic amines) is 1. The normalized spacial score (nSPS) is 16.0. The maximum atomic E-state index is 11.0. The van der Waals surface area contributed by atoms with Crippen LogP contribution < -0.4 is 0 Å².